The third-order valence-electron chi connectivity index (χ3n) is 4.01. The maximum atomic E-state index is 14.2. The van der Waals surface area contributed by atoms with E-state index in [1.807, 2.05) is 30.3 Å². The summed E-state index contributed by atoms with van der Waals surface area (Å²) in [6.45, 7) is 2.54. The van der Waals surface area contributed by atoms with Crippen LogP contribution in [0, 0.1) is 11.3 Å². The van der Waals surface area contributed by atoms with Gasteiger partial charge in [-0.05, 0) is 19.4 Å². The van der Waals surface area contributed by atoms with Crippen LogP contribution in [-0.2, 0) is 10.0 Å². The van der Waals surface area contributed by atoms with Crippen molar-refractivity contribution in [2.75, 3.05) is 4.72 Å². The van der Waals surface area contributed by atoms with E-state index >= 15 is 0 Å². The number of anilines is 1. The second-order valence-corrected chi connectivity index (χ2v) is 8.33. The Morgan fingerprint density at radius 3 is 2.67 bits per heavy atom. The number of sulfonamides is 1. The van der Waals surface area contributed by atoms with Crippen molar-refractivity contribution in [3.63, 3.8) is 0 Å². The lowest BCUT2D eigenvalue weighted by atomic mass is 10.0. The zero-order valence-electron chi connectivity index (χ0n) is 13.1. The first-order valence-corrected chi connectivity index (χ1v) is 8.82. The largest absolute Gasteiger partial charge is 0.256 e. The van der Waals surface area contributed by atoms with Crippen LogP contribution in [0.2, 0.25) is 0 Å². The fourth-order valence-corrected chi connectivity index (χ4v) is 3.19. The van der Waals surface area contributed by atoms with Crippen molar-refractivity contribution in [2.24, 2.45) is 0 Å². The van der Waals surface area contributed by atoms with Crippen LogP contribution in [0.3, 0.4) is 0 Å². The normalized spacial score (nSPS) is 20.4. The smallest absolute Gasteiger partial charge is 0.249 e. The standard InChI is InChI=1S/C15H16FN5O2S/c1-15(2,9-17)24(22,23)20-14-18-13-11(16)8-12(21(13)19-14)10-6-4-3-5-7-10/h3-7,11-12H,8H2,1-2H3,(H,19,20)/t11-,12-/m0/s1. The molecule has 0 aliphatic carbocycles. The second-order valence-electron chi connectivity index (χ2n) is 6.10. The number of hydrogen-bond acceptors (Lipinski definition) is 5. The molecule has 1 aliphatic rings. The number of benzene rings is 1. The van der Waals surface area contributed by atoms with Gasteiger partial charge in [0.25, 0.3) is 16.0 Å². The molecule has 1 aromatic carbocycles. The summed E-state index contributed by atoms with van der Waals surface area (Å²) in [7, 11) is -4.02. The molecule has 2 aromatic rings. The maximum absolute atomic E-state index is 14.2. The fourth-order valence-electron chi connectivity index (χ4n) is 2.48. The van der Waals surface area contributed by atoms with E-state index in [0.29, 0.717) is 0 Å². The highest BCUT2D eigenvalue weighted by atomic mass is 32.2. The molecular weight excluding hydrogens is 333 g/mol. The van der Waals surface area contributed by atoms with E-state index in [1.165, 1.54) is 18.5 Å². The average Bonchev–Trinajstić information content (AvgIpc) is 3.07. The van der Waals surface area contributed by atoms with Gasteiger partial charge in [-0.3, -0.25) is 0 Å². The third-order valence-corrected chi connectivity index (χ3v) is 5.90. The van der Waals surface area contributed by atoms with Gasteiger partial charge in [0.2, 0.25) is 0 Å². The highest BCUT2D eigenvalue weighted by Crippen LogP contribution is 2.39. The van der Waals surface area contributed by atoms with E-state index in [2.05, 4.69) is 14.8 Å². The van der Waals surface area contributed by atoms with Gasteiger partial charge < -0.3 is 0 Å². The molecule has 1 aromatic heterocycles. The van der Waals surface area contributed by atoms with Crippen LogP contribution in [0.1, 0.15) is 43.9 Å². The van der Waals surface area contributed by atoms with Crippen LogP contribution < -0.4 is 4.72 Å². The molecule has 1 aliphatic heterocycles. The molecule has 3 rings (SSSR count). The Labute approximate surface area is 139 Å². The average molecular weight is 349 g/mol. The molecule has 7 nitrogen and oxygen atoms in total. The molecule has 0 bridgehead atoms. The number of fused-ring (bicyclic) bond motifs is 1. The highest BCUT2D eigenvalue weighted by Gasteiger charge is 2.38. The molecule has 0 amide bonds. The Hall–Kier alpha value is -2.47. The minimum absolute atomic E-state index is 0.0799. The summed E-state index contributed by atoms with van der Waals surface area (Å²) in [4.78, 5) is 3.96. The first-order chi connectivity index (χ1) is 11.2. The SMILES string of the molecule is CC(C)(C#N)S(=O)(=O)Nc1nc2n(n1)[C@H](c1ccccc1)C[C@@H]2F. The Kier molecular flexibility index (Phi) is 3.80. The van der Waals surface area contributed by atoms with Crippen LogP contribution in [-0.4, -0.2) is 27.9 Å². The summed E-state index contributed by atoms with van der Waals surface area (Å²) in [6, 6.07) is 10.6. The zero-order valence-corrected chi connectivity index (χ0v) is 14.0. The summed E-state index contributed by atoms with van der Waals surface area (Å²) in [5.74, 6) is -0.145. The zero-order chi connectivity index (χ0) is 17.5. The molecule has 0 unspecified atom stereocenters. The molecule has 0 saturated carbocycles. The second kappa shape index (κ2) is 5.56. The Bertz CT molecular complexity index is 902. The number of aromatic nitrogens is 3. The minimum Gasteiger partial charge on any atom is -0.249 e. The van der Waals surface area contributed by atoms with Gasteiger partial charge in [0, 0.05) is 6.42 Å². The molecule has 2 heterocycles. The quantitative estimate of drug-likeness (QED) is 0.913. The van der Waals surface area contributed by atoms with E-state index in [1.54, 1.807) is 6.07 Å². The van der Waals surface area contributed by atoms with Gasteiger partial charge in [0.15, 0.2) is 16.7 Å². The molecule has 0 radical (unpaired) electrons. The molecule has 0 saturated heterocycles. The first kappa shape index (κ1) is 16.4. The molecule has 2 atom stereocenters. The van der Waals surface area contributed by atoms with Gasteiger partial charge in [0.05, 0.1) is 12.1 Å². The van der Waals surface area contributed by atoms with Gasteiger partial charge in [-0.1, -0.05) is 30.3 Å². The van der Waals surface area contributed by atoms with E-state index in [-0.39, 0.29) is 24.2 Å². The number of halogens is 1. The van der Waals surface area contributed by atoms with Gasteiger partial charge in [-0.15, -0.1) is 5.10 Å². The topological polar surface area (TPSA) is 101 Å². The predicted molar refractivity (Wildman–Crippen MR) is 85.3 cm³/mol. The van der Waals surface area contributed by atoms with E-state index in [9.17, 15) is 12.8 Å². The van der Waals surface area contributed by atoms with Crippen LogP contribution in [0.25, 0.3) is 0 Å². The Morgan fingerprint density at radius 1 is 1.38 bits per heavy atom. The summed E-state index contributed by atoms with van der Waals surface area (Å²) >= 11 is 0. The van der Waals surface area contributed by atoms with Crippen LogP contribution in [0.5, 0.6) is 0 Å². The number of nitrogens with zero attached hydrogens (tertiary/aromatic N) is 4. The molecule has 126 valence electrons. The number of nitriles is 1. The predicted octanol–water partition coefficient (Wildman–Crippen LogP) is 2.33. The lowest BCUT2D eigenvalue weighted by molar-refractivity contribution is 0.329. The van der Waals surface area contributed by atoms with Crippen molar-refractivity contribution in [2.45, 2.75) is 37.2 Å². The molecule has 0 spiro atoms. The van der Waals surface area contributed by atoms with Crippen molar-refractivity contribution in [1.29, 1.82) is 5.26 Å². The van der Waals surface area contributed by atoms with E-state index in [0.717, 1.165) is 5.56 Å². The first-order valence-electron chi connectivity index (χ1n) is 7.34. The van der Waals surface area contributed by atoms with Gasteiger partial charge in [-0.2, -0.15) is 10.2 Å². The molecule has 24 heavy (non-hydrogen) atoms. The Morgan fingerprint density at radius 2 is 2.04 bits per heavy atom. The monoisotopic (exact) mass is 349 g/mol. The van der Waals surface area contributed by atoms with Crippen molar-refractivity contribution >= 4 is 16.0 Å². The number of rotatable bonds is 4. The maximum Gasteiger partial charge on any atom is 0.256 e. The summed E-state index contributed by atoms with van der Waals surface area (Å²) < 4.78 is 40.6. The van der Waals surface area contributed by atoms with Gasteiger partial charge in [0.1, 0.15) is 0 Å². The number of alkyl halides is 1. The van der Waals surface area contributed by atoms with Gasteiger partial charge in [-0.25, -0.2) is 22.2 Å². The number of nitrogens with one attached hydrogen (secondary N) is 1. The van der Waals surface area contributed by atoms with Crippen LogP contribution in [0.4, 0.5) is 10.3 Å². The highest BCUT2D eigenvalue weighted by molar-refractivity contribution is 7.94. The van der Waals surface area contributed by atoms with E-state index < -0.39 is 20.9 Å². The van der Waals surface area contributed by atoms with Gasteiger partial charge >= 0.3 is 0 Å². The molecule has 1 N–H and O–H groups in total. The summed E-state index contributed by atoms with van der Waals surface area (Å²) in [6.07, 6.45) is -1.12. The lowest BCUT2D eigenvalue weighted by Gasteiger charge is -2.16. The molecule has 0 fully saturated rings. The van der Waals surface area contributed by atoms with Crippen LogP contribution >= 0.6 is 0 Å². The lowest BCUT2D eigenvalue weighted by Crippen LogP contribution is -2.35. The minimum atomic E-state index is -4.02. The Balaban J connectivity index is 1.94. The molecule has 9 heteroatoms. The van der Waals surface area contributed by atoms with Crippen molar-refractivity contribution in [3.8, 4) is 6.07 Å². The summed E-state index contributed by atoms with van der Waals surface area (Å²) in [5, 5.41) is 13.1. The number of hydrogen-bond donors (Lipinski definition) is 1. The third kappa shape index (κ3) is 2.63. The molecular formula is C15H16FN5O2S. The van der Waals surface area contributed by atoms with Crippen molar-refractivity contribution in [1.82, 2.24) is 14.8 Å². The summed E-state index contributed by atoms with van der Waals surface area (Å²) in [5.41, 5.74) is 0.871. The van der Waals surface area contributed by atoms with Crippen molar-refractivity contribution < 1.29 is 12.8 Å². The van der Waals surface area contributed by atoms with Crippen molar-refractivity contribution in [3.05, 3.63) is 41.7 Å². The van der Waals surface area contributed by atoms with E-state index in [4.69, 9.17) is 5.26 Å². The fraction of sp³-hybridized carbons (Fsp3) is 0.400. The van der Waals surface area contributed by atoms with Crippen LogP contribution in [0.15, 0.2) is 30.3 Å².